The van der Waals surface area contributed by atoms with E-state index in [1.165, 1.54) is 3.07 Å². The van der Waals surface area contributed by atoms with Crippen LogP contribution in [0.1, 0.15) is 6.92 Å². The maximum atomic E-state index is 9.34. The van der Waals surface area contributed by atoms with Crippen LogP contribution in [0.4, 0.5) is 0 Å². The second-order valence-electron chi connectivity index (χ2n) is 4.65. The molecule has 0 aromatic heterocycles. The van der Waals surface area contributed by atoms with Crippen molar-refractivity contribution < 1.29 is 61.3 Å². The summed E-state index contributed by atoms with van der Waals surface area (Å²) in [6.07, 6.45) is -1.34. The van der Waals surface area contributed by atoms with Crippen molar-refractivity contribution in [3.63, 3.8) is 0 Å². The van der Waals surface area contributed by atoms with Crippen LogP contribution in [-0.4, -0.2) is 72.0 Å². The van der Waals surface area contributed by atoms with Gasteiger partial charge in [0.15, 0.2) is 0 Å². The Morgan fingerprint density at radius 3 is 1.61 bits per heavy atom. The second kappa shape index (κ2) is 17.8. The Morgan fingerprint density at radius 2 is 1.43 bits per heavy atom. The SMILES string of the molecule is CC(O)C(=O)[O-].OCC[NH+](CCO)CCO.[Hg][c]1ccccc1. The van der Waals surface area contributed by atoms with Crippen molar-refractivity contribution in [1.82, 2.24) is 0 Å². The molecular formula is C15H26HgNO6. The number of nitrogens with one attached hydrogen (secondary N) is 1. The van der Waals surface area contributed by atoms with Gasteiger partial charge in [0.2, 0.25) is 0 Å². The molecular weight excluding hydrogens is 491 g/mol. The number of hydrogen-bond donors (Lipinski definition) is 5. The summed E-state index contributed by atoms with van der Waals surface area (Å²) in [5, 5.41) is 42.8. The molecule has 0 saturated heterocycles. The molecule has 1 rings (SSSR count). The van der Waals surface area contributed by atoms with Gasteiger partial charge in [0.1, 0.15) is 19.6 Å². The predicted octanol–water partition coefficient (Wildman–Crippen LogP) is -4.18. The average molecular weight is 517 g/mol. The molecule has 0 aliphatic heterocycles. The summed E-state index contributed by atoms with van der Waals surface area (Å²) < 4.78 is 1.52. The molecule has 1 aromatic carbocycles. The number of aliphatic hydroxyl groups excluding tert-OH is 4. The zero-order valence-electron chi connectivity index (χ0n) is 13.5. The molecule has 5 N–H and O–H groups in total. The van der Waals surface area contributed by atoms with E-state index in [2.05, 4.69) is 30.3 Å². The van der Waals surface area contributed by atoms with Gasteiger partial charge in [-0.05, 0) is 6.92 Å². The average Bonchev–Trinajstić information content (AvgIpc) is 2.50. The third-order valence-electron chi connectivity index (χ3n) is 2.58. The van der Waals surface area contributed by atoms with Crippen LogP contribution < -0.4 is 13.1 Å². The van der Waals surface area contributed by atoms with Gasteiger partial charge in [-0.2, -0.15) is 0 Å². The zero-order valence-corrected chi connectivity index (χ0v) is 19.0. The molecule has 0 aliphatic carbocycles. The molecule has 0 saturated carbocycles. The van der Waals surface area contributed by atoms with Gasteiger partial charge in [-0.3, -0.25) is 0 Å². The number of carbonyl (C=O) groups excluding carboxylic acids is 1. The quantitative estimate of drug-likeness (QED) is 0.234. The van der Waals surface area contributed by atoms with Crippen LogP contribution in [0.25, 0.3) is 0 Å². The standard InChI is InChI=1S/C6H15NO3.C6H5.C3H6O3.Hg/c8-4-1-7(2-5-9)3-6-10;1-2-4-6-5-3-1;1-2(4)3(5)6;/h8-10H,1-6H2;1-5H;2,4H,1H3,(H,5,6);. The van der Waals surface area contributed by atoms with E-state index in [4.69, 9.17) is 20.4 Å². The van der Waals surface area contributed by atoms with Crippen LogP contribution >= 0.6 is 0 Å². The second-order valence-corrected chi connectivity index (χ2v) is 7.83. The van der Waals surface area contributed by atoms with Gasteiger partial charge < -0.3 is 35.2 Å². The van der Waals surface area contributed by atoms with Gasteiger partial charge in [-0.25, -0.2) is 0 Å². The van der Waals surface area contributed by atoms with Gasteiger partial charge in [-0.15, -0.1) is 0 Å². The number of rotatable bonds is 7. The maximum absolute atomic E-state index is 9.34. The molecule has 0 heterocycles. The van der Waals surface area contributed by atoms with Gasteiger partial charge >= 0.3 is 59.5 Å². The van der Waals surface area contributed by atoms with E-state index in [-0.39, 0.29) is 19.8 Å². The van der Waals surface area contributed by atoms with E-state index in [0.717, 1.165) is 37.9 Å². The Morgan fingerprint density at radius 1 is 1.09 bits per heavy atom. The first-order valence-electron chi connectivity index (χ1n) is 7.31. The first kappa shape index (κ1) is 24.7. The molecule has 0 spiro atoms. The van der Waals surface area contributed by atoms with Crippen LogP contribution in [0.2, 0.25) is 0 Å². The molecule has 0 amide bonds. The molecule has 0 bridgehead atoms. The van der Waals surface area contributed by atoms with Gasteiger partial charge in [0.05, 0.1) is 31.9 Å². The summed E-state index contributed by atoms with van der Waals surface area (Å²) in [7, 11) is 0. The number of quaternary nitrogens is 1. The van der Waals surface area contributed by atoms with Gasteiger partial charge in [0, 0.05) is 0 Å². The summed E-state index contributed by atoms with van der Waals surface area (Å²) in [5.74, 6) is -1.44. The summed E-state index contributed by atoms with van der Waals surface area (Å²) >= 11 is 0.810. The molecule has 1 atom stereocenters. The van der Waals surface area contributed by atoms with E-state index in [9.17, 15) is 9.90 Å². The van der Waals surface area contributed by atoms with Crippen LogP contribution in [0, 0.1) is 0 Å². The number of aliphatic carboxylic acids is 1. The van der Waals surface area contributed by atoms with Crippen molar-refractivity contribution >= 4 is 9.04 Å². The van der Waals surface area contributed by atoms with E-state index in [1.807, 2.05) is 0 Å². The molecule has 8 heteroatoms. The Labute approximate surface area is 153 Å². The third kappa shape index (κ3) is 19.4. The summed E-state index contributed by atoms with van der Waals surface area (Å²) in [4.78, 5) is 10.4. The van der Waals surface area contributed by atoms with Crippen LogP contribution in [-0.2, 0) is 30.9 Å². The molecule has 1 unspecified atom stereocenters. The fraction of sp³-hybridized carbons (Fsp3) is 0.533. The molecule has 0 fully saturated rings. The summed E-state index contributed by atoms with van der Waals surface area (Å²) in [6, 6.07) is 10.6. The number of benzene rings is 1. The minimum absolute atomic E-state index is 0.106. The molecule has 0 radical (unpaired) electrons. The zero-order chi connectivity index (χ0) is 18.1. The molecule has 23 heavy (non-hydrogen) atoms. The molecule has 1 aromatic rings. The number of carboxylic acids is 1. The van der Waals surface area contributed by atoms with Crippen molar-refractivity contribution in [2.24, 2.45) is 0 Å². The minimum atomic E-state index is -1.44. The normalized spacial score (nSPS) is 11.0. The van der Waals surface area contributed by atoms with Crippen molar-refractivity contribution in [2.75, 3.05) is 39.5 Å². The number of carbonyl (C=O) groups is 1. The first-order chi connectivity index (χ1) is 10.9. The summed E-state index contributed by atoms with van der Waals surface area (Å²) in [5.41, 5.74) is 0. The topological polar surface area (TPSA) is 125 Å². The Hall–Kier alpha value is -0.575. The van der Waals surface area contributed by atoms with Crippen LogP contribution in [0.3, 0.4) is 0 Å². The van der Waals surface area contributed by atoms with Crippen molar-refractivity contribution in [2.45, 2.75) is 13.0 Å². The van der Waals surface area contributed by atoms with Gasteiger partial charge in [0.25, 0.3) is 0 Å². The summed E-state index contributed by atoms with van der Waals surface area (Å²) in [6.45, 7) is 3.25. The number of hydrogen-bond acceptors (Lipinski definition) is 6. The fourth-order valence-electron chi connectivity index (χ4n) is 1.33. The Balaban J connectivity index is 0. The fourth-order valence-corrected chi connectivity index (χ4v) is 2.39. The molecule has 129 valence electrons. The van der Waals surface area contributed by atoms with E-state index < -0.39 is 12.1 Å². The van der Waals surface area contributed by atoms with Crippen LogP contribution in [0.15, 0.2) is 30.3 Å². The molecule has 0 aliphatic rings. The van der Waals surface area contributed by atoms with E-state index >= 15 is 0 Å². The number of carboxylic acid groups (broad SMARTS) is 1. The van der Waals surface area contributed by atoms with E-state index in [0.29, 0.717) is 19.6 Å². The predicted molar refractivity (Wildman–Crippen MR) is 79.6 cm³/mol. The number of aliphatic hydroxyl groups is 4. The van der Waals surface area contributed by atoms with Crippen molar-refractivity contribution in [1.29, 1.82) is 0 Å². The third-order valence-corrected chi connectivity index (χ3v) is 4.41. The molecule has 7 nitrogen and oxygen atoms in total. The first-order valence-corrected chi connectivity index (χ1v) is 10.1. The Bertz CT molecular complexity index is 363. The van der Waals surface area contributed by atoms with Crippen molar-refractivity contribution in [3.8, 4) is 0 Å². The van der Waals surface area contributed by atoms with Crippen molar-refractivity contribution in [3.05, 3.63) is 30.3 Å². The van der Waals surface area contributed by atoms with Crippen LogP contribution in [0.5, 0.6) is 0 Å². The van der Waals surface area contributed by atoms with E-state index in [1.54, 1.807) is 0 Å². The monoisotopic (exact) mass is 518 g/mol. The Kier molecular flexibility index (Phi) is 19.1. The van der Waals surface area contributed by atoms with Gasteiger partial charge in [-0.1, -0.05) is 0 Å².